The van der Waals surface area contributed by atoms with Crippen LogP contribution < -0.4 is 10.6 Å². The number of nitrogens with zero attached hydrogens (tertiary/aromatic N) is 4. The van der Waals surface area contributed by atoms with E-state index in [1.807, 2.05) is 7.05 Å². The van der Waals surface area contributed by atoms with Crippen molar-refractivity contribution in [3.05, 3.63) is 12.5 Å². The summed E-state index contributed by atoms with van der Waals surface area (Å²) in [5.74, 6) is 0.695. The van der Waals surface area contributed by atoms with Crippen LogP contribution in [-0.4, -0.2) is 39.2 Å². The molecule has 2 rings (SSSR count). The van der Waals surface area contributed by atoms with Crippen LogP contribution in [0.3, 0.4) is 0 Å². The van der Waals surface area contributed by atoms with Crippen LogP contribution in [0.5, 0.6) is 0 Å². The van der Waals surface area contributed by atoms with Gasteiger partial charge in [0.2, 0.25) is 5.91 Å². The third-order valence-electron chi connectivity index (χ3n) is 2.45. The molecule has 2 aromatic heterocycles. The van der Waals surface area contributed by atoms with Crippen molar-refractivity contribution in [2.75, 3.05) is 18.9 Å². The Bertz CT molecular complexity index is 535. The van der Waals surface area contributed by atoms with E-state index in [0.717, 1.165) is 11.0 Å². The highest BCUT2D eigenvalue weighted by atomic mass is 16.1. The van der Waals surface area contributed by atoms with Crippen LogP contribution in [0.2, 0.25) is 0 Å². The van der Waals surface area contributed by atoms with Gasteiger partial charge in [-0.2, -0.15) is 5.10 Å². The fraction of sp³-hybridized carbons (Fsp3) is 0.400. The minimum atomic E-state index is -0.00557. The minimum Gasteiger partial charge on any atom is -0.369 e. The second-order valence-electron chi connectivity index (χ2n) is 3.58. The van der Waals surface area contributed by atoms with Gasteiger partial charge in [0.15, 0.2) is 5.65 Å². The molecule has 17 heavy (non-hydrogen) atoms. The Balaban J connectivity index is 2.11. The highest BCUT2D eigenvalue weighted by molar-refractivity contribution is 5.86. The van der Waals surface area contributed by atoms with Gasteiger partial charge in [-0.3, -0.25) is 9.48 Å². The minimum absolute atomic E-state index is 0.00557. The summed E-state index contributed by atoms with van der Waals surface area (Å²) in [4.78, 5) is 19.3. The molecule has 0 saturated carbocycles. The second-order valence-corrected chi connectivity index (χ2v) is 3.58. The average Bonchev–Trinajstić information content (AvgIpc) is 2.72. The van der Waals surface area contributed by atoms with E-state index in [9.17, 15) is 4.79 Å². The highest BCUT2D eigenvalue weighted by Crippen LogP contribution is 2.17. The van der Waals surface area contributed by atoms with E-state index in [0.29, 0.717) is 18.8 Å². The number of carbonyl (C=O) groups excluding carboxylic acids is 1. The Morgan fingerprint density at radius 2 is 2.29 bits per heavy atom. The Morgan fingerprint density at radius 1 is 1.47 bits per heavy atom. The summed E-state index contributed by atoms with van der Waals surface area (Å²) in [6, 6.07) is 0. The Kier molecular flexibility index (Phi) is 3.17. The van der Waals surface area contributed by atoms with E-state index in [4.69, 9.17) is 0 Å². The number of rotatable bonds is 4. The molecule has 0 aliphatic rings. The van der Waals surface area contributed by atoms with Gasteiger partial charge >= 0.3 is 0 Å². The first-order chi connectivity index (χ1) is 8.22. The van der Waals surface area contributed by atoms with Gasteiger partial charge in [-0.25, -0.2) is 9.97 Å². The maximum atomic E-state index is 11.1. The molecule has 1 amide bonds. The van der Waals surface area contributed by atoms with Crippen molar-refractivity contribution < 1.29 is 4.79 Å². The fourth-order valence-corrected chi connectivity index (χ4v) is 1.52. The van der Waals surface area contributed by atoms with Crippen molar-refractivity contribution >= 4 is 22.8 Å². The molecule has 7 nitrogen and oxygen atoms in total. The number of fused-ring (bicyclic) bond motifs is 1. The lowest BCUT2D eigenvalue weighted by molar-refractivity contribution is -0.120. The number of nitrogens with one attached hydrogen (secondary N) is 2. The molecule has 90 valence electrons. The summed E-state index contributed by atoms with van der Waals surface area (Å²) in [5.41, 5.74) is 0.766. The van der Waals surface area contributed by atoms with Gasteiger partial charge in [-0.1, -0.05) is 0 Å². The molecular formula is C10H14N6O. The lowest BCUT2D eigenvalue weighted by atomic mass is 10.3. The van der Waals surface area contributed by atoms with Crippen LogP contribution in [0.25, 0.3) is 11.0 Å². The van der Waals surface area contributed by atoms with Crippen molar-refractivity contribution in [1.29, 1.82) is 0 Å². The van der Waals surface area contributed by atoms with Crippen molar-refractivity contribution in [3.8, 4) is 0 Å². The Labute approximate surface area is 98.2 Å². The first-order valence-corrected chi connectivity index (χ1v) is 5.29. The predicted molar refractivity (Wildman–Crippen MR) is 63.5 cm³/mol. The first-order valence-electron chi connectivity index (χ1n) is 5.29. The molecule has 0 radical (unpaired) electrons. The maximum absolute atomic E-state index is 11.1. The van der Waals surface area contributed by atoms with Crippen LogP contribution >= 0.6 is 0 Å². The van der Waals surface area contributed by atoms with E-state index in [1.54, 1.807) is 17.9 Å². The van der Waals surface area contributed by atoms with Crippen molar-refractivity contribution in [3.63, 3.8) is 0 Å². The van der Waals surface area contributed by atoms with E-state index < -0.39 is 0 Å². The van der Waals surface area contributed by atoms with Gasteiger partial charge in [0.25, 0.3) is 0 Å². The van der Waals surface area contributed by atoms with E-state index >= 15 is 0 Å². The summed E-state index contributed by atoms with van der Waals surface area (Å²) < 4.78 is 1.68. The average molecular weight is 234 g/mol. The SMILES string of the molecule is CNC(=O)CCNc1ncnc2c1cnn2C. The fourth-order valence-electron chi connectivity index (χ4n) is 1.52. The number of hydrogen-bond acceptors (Lipinski definition) is 5. The van der Waals surface area contributed by atoms with Crippen LogP contribution in [-0.2, 0) is 11.8 Å². The zero-order valence-electron chi connectivity index (χ0n) is 9.77. The van der Waals surface area contributed by atoms with Gasteiger partial charge in [0.1, 0.15) is 12.1 Å². The molecule has 2 N–H and O–H groups in total. The zero-order chi connectivity index (χ0) is 12.3. The third kappa shape index (κ3) is 2.32. The molecular weight excluding hydrogens is 220 g/mol. The summed E-state index contributed by atoms with van der Waals surface area (Å²) in [6.45, 7) is 0.528. The lowest BCUT2D eigenvalue weighted by Gasteiger charge is -2.05. The van der Waals surface area contributed by atoms with Crippen molar-refractivity contribution in [2.45, 2.75) is 6.42 Å². The molecule has 0 aromatic carbocycles. The number of hydrogen-bond donors (Lipinski definition) is 2. The van der Waals surface area contributed by atoms with E-state index in [2.05, 4.69) is 25.7 Å². The molecule has 7 heteroatoms. The number of anilines is 1. The van der Waals surface area contributed by atoms with Gasteiger partial charge in [0, 0.05) is 27.1 Å². The Hall–Kier alpha value is -2.18. The van der Waals surface area contributed by atoms with Gasteiger partial charge in [-0.05, 0) is 0 Å². The number of aromatic nitrogens is 4. The molecule has 0 aliphatic heterocycles. The molecule has 0 saturated heterocycles. The topological polar surface area (TPSA) is 84.7 Å². The van der Waals surface area contributed by atoms with Crippen molar-refractivity contribution in [2.24, 2.45) is 7.05 Å². The van der Waals surface area contributed by atoms with Gasteiger partial charge in [-0.15, -0.1) is 0 Å². The van der Waals surface area contributed by atoms with Crippen LogP contribution in [0.15, 0.2) is 12.5 Å². The molecule has 0 unspecified atom stereocenters. The monoisotopic (exact) mass is 234 g/mol. The van der Waals surface area contributed by atoms with E-state index in [1.165, 1.54) is 6.33 Å². The van der Waals surface area contributed by atoms with Gasteiger partial charge in [0.05, 0.1) is 11.6 Å². The van der Waals surface area contributed by atoms with Gasteiger partial charge < -0.3 is 10.6 Å². The first kappa shape index (κ1) is 11.3. The lowest BCUT2D eigenvalue weighted by Crippen LogP contribution is -2.21. The summed E-state index contributed by atoms with van der Waals surface area (Å²) in [5, 5.41) is 10.6. The zero-order valence-corrected chi connectivity index (χ0v) is 9.77. The molecule has 2 aromatic rings. The third-order valence-corrected chi connectivity index (χ3v) is 2.45. The molecule has 2 heterocycles. The number of aryl methyl sites for hydroxylation is 1. The summed E-state index contributed by atoms with van der Waals surface area (Å²) in [7, 11) is 3.44. The maximum Gasteiger partial charge on any atom is 0.221 e. The van der Waals surface area contributed by atoms with E-state index in [-0.39, 0.29) is 5.91 Å². The molecule has 0 aliphatic carbocycles. The summed E-state index contributed by atoms with van der Waals surface area (Å²) in [6.07, 6.45) is 3.59. The molecule has 0 bridgehead atoms. The number of carbonyl (C=O) groups is 1. The van der Waals surface area contributed by atoms with Crippen LogP contribution in [0, 0.1) is 0 Å². The van der Waals surface area contributed by atoms with Crippen LogP contribution in [0.4, 0.5) is 5.82 Å². The van der Waals surface area contributed by atoms with Crippen LogP contribution in [0.1, 0.15) is 6.42 Å². The predicted octanol–water partition coefficient (Wildman–Crippen LogP) is -0.0887. The normalized spacial score (nSPS) is 10.5. The quantitative estimate of drug-likeness (QED) is 0.772. The summed E-state index contributed by atoms with van der Waals surface area (Å²) >= 11 is 0. The standard InChI is InChI=1S/C10H14N6O/c1-11-8(17)3-4-12-9-7-5-15-16(2)10(7)14-6-13-9/h5-6H,3-4H2,1-2H3,(H,11,17)(H,12,13,14). The smallest absolute Gasteiger partial charge is 0.221 e. The Morgan fingerprint density at radius 3 is 3.06 bits per heavy atom. The largest absolute Gasteiger partial charge is 0.369 e. The molecule has 0 spiro atoms. The molecule has 0 fully saturated rings. The highest BCUT2D eigenvalue weighted by Gasteiger charge is 2.07. The number of amides is 1. The molecule has 0 atom stereocenters. The van der Waals surface area contributed by atoms with Crippen molar-refractivity contribution in [1.82, 2.24) is 25.1 Å². The second kappa shape index (κ2) is 4.77.